The summed E-state index contributed by atoms with van der Waals surface area (Å²) in [5.41, 5.74) is 0.186. The molecule has 0 aliphatic heterocycles. The van der Waals surface area contributed by atoms with Crippen molar-refractivity contribution >= 4 is 15.9 Å². The Bertz CT molecular complexity index is 407. The first-order valence-corrected chi connectivity index (χ1v) is 7.54. The minimum absolute atomic E-state index is 0.186. The van der Waals surface area contributed by atoms with Crippen LogP contribution in [0.5, 0.6) is 0 Å². The molecule has 0 saturated carbocycles. The van der Waals surface area contributed by atoms with E-state index in [4.69, 9.17) is 0 Å². The van der Waals surface area contributed by atoms with E-state index in [1.807, 2.05) is 6.92 Å². The molecule has 1 rings (SSSR count). The predicted octanol–water partition coefficient (Wildman–Crippen LogP) is 4.54. The van der Waals surface area contributed by atoms with Gasteiger partial charge in [0, 0.05) is 5.56 Å². The van der Waals surface area contributed by atoms with Gasteiger partial charge in [-0.15, -0.1) is 0 Å². The van der Waals surface area contributed by atoms with Crippen molar-refractivity contribution in [3.05, 3.63) is 33.8 Å². The summed E-state index contributed by atoms with van der Waals surface area (Å²) in [5, 5.41) is 3.35. The molecule has 0 aliphatic rings. The molecule has 0 bridgehead atoms. The second-order valence-electron chi connectivity index (χ2n) is 5.52. The molecule has 4 heteroatoms. The van der Waals surface area contributed by atoms with Crippen LogP contribution in [0.3, 0.4) is 0 Å². The minimum Gasteiger partial charge on any atom is -0.316 e. The molecular formula is C15H22BrF2N. The molecule has 1 aromatic carbocycles. The fourth-order valence-corrected chi connectivity index (χ4v) is 2.32. The van der Waals surface area contributed by atoms with Crippen molar-refractivity contribution in [3.8, 4) is 0 Å². The second-order valence-corrected chi connectivity index (χ2v) is 6.37. The van der Waals surface area contributed by atoms with Crippen LogP contribution in [0.1, 0.15) is 32.8 Å². The van der Waals surface area contributed by atoms with Crippen molar-refractivity contribution in [1.29, 1.82) is 0 Å². The summed E-state index contributed by atoms with van der Waals surface area (Å²) in [6, 6.07) is 2.72. The number of hydrogen-bond donors (Lipinski definition) is 1. The highest BCUT2D eigenvalue weighted by Gasteiger charge is 2.15. The third-order valence-corrected chi connectivity index (χ3v) is 3.67. The van der Waals surface area contributed by atoms with Gasteiger partial charge in [0.1, 0.15) is 11.6 Å². The molecule has 19 heavy (non-hydrogen) atoms. The van der Waals surface area contributed by atoms with Crippen LogP contribution in [-0.2, 0) is 6.42 Å². The molecule has 0 saturated heterocycles. The predicted molar refractivity (Wildman–Crippen MR) is 79.3 cm³/mol. The first-order chi connectivity index (χ1) is 8.91. The van der Waals surface area contributed by atoms with E-state index in [9.17, 15) is 8.78 Å². The molecule has 0 amide bonds. The van der Waals surface area contributed by atoms with E-state index in [2.05, 4.69) is 35.1 Å². The van der Waals surface area contributed by atoms with Crippen molar-refractivity contribution in [2.75, 3.05) is 13.1 Å². The Morgan fingerprint density at radius 3 is 2.53 bits per heavy atom. The smallest absolute Gasteiger partial charge is 0.143 e. The van der Waals surface area contributed by atoms with Crippen molar-refractivity contribution in [3.63, 3.8) is 0 Å². The van der Waals surface area contributed by atoms with Crippen LogP contribution in [-0.4, -0.2) is 13.1 Å². The Morgan fingerprint density at radius 2 is 1.89 bits per heavy atom. The Balaban J connectivity index is 2.48. The maximum Gasteiger partial charge on any atom is 0.143 e. The molecule has 1 atom stereocenters. The minimum atomic E-state index is -0.470. The molecule has 0 radical (unpaired) electrons. The highest BCUT2D eigenvalue weighted by atomic mass is 79.9. The molecule has 1 aromatic rings. The lowest BCUT2D eigenvalue weighted by atomic mass is 9.97. The third kappa shape index (κ3) is 5.57. The zero-order valence-electron chi connectivity index (χ0n) is 11.8. The lowest BCUT2D eigenvalue weighted by Crippen LogP contribution is -2.22. The van der Waals surface area contributed by atoms with Gasteiger partial charge in [-0.25, -0.2) is 8.78 Å². The van der Waals surface area contributed by atoms with Gasteiger partial charge in [0.25, 0.3) is 0 Å². The van der Waals surface area contributed by atoms with Crippen molar-refractivity contribution in [2.45, 2.75) is 33.6 Å². The van der Waals surface area contributed by atoms with Gasteiger partial charge in [0.15, 0.2) is 0 Å². The normalized spacial score (nSPS) is 13.0. The molecule has 1 nitrogen and oxygen atoms in total. The quantitative estimate of drug-likeness (QED) is 0.570. The number of halogens is 3. The van der Waals surface area contributed by atoms with Crippen LogP contribution < -0.4 is 5.32 Å². The average molecular weight is 334 g/mol. The third-order valence-electron chi connectivity index (χ3n) is 3.06. The standard InChI is InChI=1S/C15H22BrF2N/c1-10(2)9-19-7-6-11(3)8-12-14(17)5-4-13(16)15(12)18/h4-5,10-11,19H,6-9H2,1-3H3. The van der Waals surface area contributed by atoms with Crippen molar-refractivity contribution in [2.24, 2.45) is 11.8 Å². The number of benzene rings is 1. The van der Waals surface area contributed by atoms with Crippen molar-refractivity contribution in [1.82, 2.24) is 5.32 Å². The molecule has 0 aliphatic carbocycles. The molecular weight excluding hydrogens is 312 g/mol. The summed E-state index contributed by atoms with van der Waals surface area (Å²) in [7, 11) is 0. The zero-order valence-corrected chi connectivity index (χ0v) is 13.4. The van der Waals surface area contributed by atoms with E-state index in [0.29, 0.717) is 16.8 Å². The molecule has 1 N–H and O–H groups in total. The summed E-state index contributed by atoms with van der Waals surface area (Å²) in [5.74, 6) is -0.0575. The number of rotatable bonds is 7. The van der Waals surface area contributed by atoms with E-state index in [-0.39, 0.29) is 11.5 Å². The van der Waals surface area contributed by atoms with E-state index in [0.717, 1.165) is 19.5 Å². The molecule has 0 spiro atoms. The lowest BCUT2D eigenvalue weighted by Gasteiger charge is -2.14. The fourth-order valence-electron chi connectivity index (χ4n) is 1.95. The summed E-state index contributed by atoms with van der Waals surface area (Å²) in [6.07, 6.45) is 1.35. The Hall–Kier alpha value is -0.480. The maximum absolute atomic E-state index is 13.8. The van der Waals surface area contributed by atoms with E-state index in [1.165, 1.54) is 12.1 Å². The van der Waals surface area contributed by atoms with Gasteiger partial charge in [-0.2, -0.15) is 0 Å². The van der Waals surface area contributed by atoms with Crippen LogP contribution in [0.25, 0.3) is 0 Å². The fraction of sp³-hybridized carbons (Fsp3) is 0.600. The van der Waals surface area contributed by atoms with Crippen LogP contribution in [0.2, 0.25) is 0 Å². The zero-order chi connectivity index (χ0) is 14.4. The van der Waals surface area contributed by atoms with E-state index in [1.54, 1.807) is 0 Å². The Morgan fingerprint density at radius 1 is 1.21 bits per heavy atom. The summed E-state index contributed by atoms with van der Waals surface area (Å²) in [6.45, 7) is 8.20. The Kier molecular flexibility index (Phi) is 6.94. The van der Waals surface area contributed by atoms with Crippen LogP contribution >= 0.6 is 15.9 Å². The first kappa shape index (κ1) is 16.6. The molecule has 1 unspecified atom stereocenters. The second kappa shape index (κ2) is 7.95. The highest BCUT2D eigenvalue weighted by Crippen LogP contribution is 2.24. The Labute approximate surface area is 122 Å². The van der Waals surface area contributed by atoms with Gasteiger partial charge in [0.2, 0.25) is 0 Å². The van der Waals surface area contributed by atoms with E-state index < -0.39 is 11.6 Å². The van der Waals surface area contributed by atoms with Crippen molar-refractivity contribution < 1.29 is 8.78 Å². The summed E-state index contributed by atoms with van der Waals surface area (Å²) in [4.78, 5) is 0. The molecule has 0 fully saturated rings. The van der Waals surface area contributed by atoms with Gasteiger partial charge in [0.05, 0.1) is 4.47 Å². The maximum atomic E-state index is 13.8. The number of nitrogens with one attached hydrogen (secondary N) is 1. The van der Waals surface area contributed by atoms with Gasteiger partial charge in [-0.1, -0.05) is 20.8 Å². The molecule has 0 heterocycles. The molecule has 0 aromatic heterocycles. The highest BCUT2D eigenvalue weighted by molar-refractivity contribution is 9.10. The summed E-state index contributed by atoms with van der Waals surface area (Å²) >= 11 is 3.10. The van der Waals surface area contributed by atoms with E-state index >= 15 is 0 Å². The van der Waals surface area contributed by atoms with Crippen LogP contribution in [0.15, 0.2) is 16.6 Å². The average Bonchev–Trinajstić information content (AvgIpc) is 2.35. The van der Waals surface area contributed by atoms with Gasteiger partial charge >= 0.3 is 0 Å². The van der Waals surface area contributed by atoms with Gasteiger partial charge < -0.3 is 5.32 Å². The van der Waals surface area contributed by atoms with Gasteiger partial charge in [-0.3, -0.25) is 0 Å². The van der Waals surface area contributed by atoms with Crippen LogP contribution in [0, 0.1) is 23.5 Å². The lowest BCUT2D eigenvalue weighted by molar-refractivity contribution is 0.454. The topological polar surface area (TPSA) is 12.0 Å². The van der Waals surface area contributed by atoms with Gasteiger partial charge in [-0.05, 0) is 65.8 Å². The SMILES string of the molecule is CC(C)CNCCC(C)Cc1c(F)ccc(Br)c1F. The van der Waals surface area contributed by atoms with Crippen LogP contribution in [0.4, 0.5) is 8.78 Å². The molecule has 108 valence electrons. The summed E-state index contributed by atoms with van der Waals surface area (Å²) < 4.78 is 27.8. The number of hydrogen-bond acceptors (Lipinski definition) is 1. The largest absolute Gasteiger partial charge is 0.316 e. The first-order valence-electron chi connectivity index (χ1n) is 6.75. The monoisotopic (exact) mass is 333 g/mol.